The summed E-state index contributed by atoms with van der Waals surface area (Å²) >= 11 is 0. The van der Waals surface area contributed by atoms with Gasteiger partial charge in [0.15, 0.2) is 24.0 Å². The number of fused-ring (bicyclic) bond motifs is 3. The van der Waals surface area contributed by atoms with Crippen LogP contribution in [0.15, 0.2) is 0 Å². The van der Waals surface area contributed by atoms with Crippen LogP contribution in [-0.4, -0.2) is 65.8 Å². The summed E-state index contributed by atoms with van der Waals surface area (Å²) in [5.74, 6) is -3.19. The van der Waals surface area contributed by atoms with E-state index in [0.717, 1.165) is 0 Å². The highest BCUT2D eigenvalue weighted by molar-refractivity contribution is 5.82. The summed E-state index contributed by atoms with van der Waals surface area (Å²) in [6.45, 7) is 7.02. The van der Waals surface area contributed by atoms with Gasteiger partial charge in [-0.2, -0.15) is 0 Å². The molecule has 3 aliphatic rings. The molecule has 24 heavy (non-hydrogen) atoms. The fourth-order valence-corrected chi connectivity index (χ4v) is 3.22. The van der Waals surface area contributed by atoms with Gasteiger partial charge in [-0.15, -0.1) is 0 Å². The monoisotopic (exact) mass is 345 g/mol. The van der Waals surface area contributed by atoms with Crippen LogP contribution in [0.25, 0.3) is 0 Å². The minimum Gasteiger partial charge on any atom is -0.481 e. The molecule has 0 aromatic heterocycles. The number of carboxylic acids is 1. The predicted molar refractivity (Wildman–Crippen MR) is 77.8 cm³/mol. The maximum atomic E-state index is 12.4. The highest BCUT2D eigenvalue weighted by Crippen LogP contribution is 2.44. The molecule has 136 valence electrons. The second kappa shape index (κ2) is 5.92. The van der Waals surface area contributed by atoms with Crippen LogP contribution in [-0.2, 0) is 33.3 Å². The lowest BCUT2D eigenvalue weighted by Gasteiger charge is -2.36. The van der Waals surface area contributed by atoms with Crippen LogP contribution in [0.3, 0.4) is 0 Å². The van der Waals surface area contributed by atoms with Gasteiger partial charge in [0.1, 0.15) is 18.3 Å². The van der Waals surface area contributed by atoms with Crippen molar-refractivity contribution < 1.29 is 38.4 Å². The molecule has 3 saturated heterocycles. The molecule has 3 rings (SSSR count). The van der Waals surface area contributed by atoms with E-state index in [4.69, 9.17) is 28.8 Å². The van der Waals surface area contributed by atoms with Crippen LogP contribution < -0.4 is 5.32 Å². The van der Waals surface area contributed by atoms with Crippen molar-refractivity contribution in [3.05, 3.63) is 0 Å². The van der Waals surface area contributed by atoms with Crippen LogP contribution in [0.2, 0.25) is 0 Å². The second-order valence-electron chi connectivity index (χ2n) is 7.02. The number of nitrogens with one attached hydrogen (secondary N) is 1. The number of hydrogen-bond acceptors (Lipinski definition) is 7. The van der Waals surface area contributed by atoms with Crippen molar-refractivity contribution in [3.63, 3.8) is 0 Å². The highest BCUT2D eigenvalue weighted by Gasteiger charge is 2.62. The molecule has 3 fully saturated rings. The van der Waals surface area contributed by atoms with E-state index in [1.807, 2.05) is 0 Å². The summed E-state index contributed by atoms with van der Waals surface area (Å²) in [7, 11) is 0. The Labute approximate surface area is 139 Å². The first kappa shape index (κ1) is 17.6. The Morgan fingerprint density at radius 2 is 1.54 bits per heavy atom. The maximum Gasteiger partial charge on any atom is 0.305 e. The summed E-state index contributed by atoms with van der Waals surface area (Å²) in [5, 5.41) is 11.2. The molecule has 9 nitrogen and oxygen atoms in total. The average Bonchev–Trinajstić information content (AvgIpc) is 2.91. The third-order valence-electron chi connectivity index (χ3n) is 4.05. The fourth-order valence-electron chi connectivity index (χ4n) is 3.22. The third-order valence-corrected chi connectivity index (χ3v) is 4.05. The fraction of sp³-hybridized carbons (Fsp3) is 0.867. The lowest BCUT2D eigenvalue weighted by molar-refractivity contribution is -0.231. The van der Waals surface area contributed by atoms with Gasteiger partial charge in [-0.25, -0.2) is 0 Å². The zero-order valence-electron chi connectivity index (χ0n) is 14.1. The maximum absolute atomic E-state index is 12.4. The number of carboxylic acid groups (broad SMARTS) is 1. The Balaban J connectivity index is 1.75. The van der Waals surface area contributed by atoms with Crippen LogP contribution in [0.5, 0.6) is 0 Å². The Hall–Kier alpha value is -1.26. The molecule has 2 N–H and O–H groups in total. The van der Waals surface area contributed by atoms with Gasteiger partial charge in [0, 0.05) is 6.54 Å². The van der Waals surface area contributed by atoms with Crippen LogP contribution in [0.4, 0.5) is 0 Å². The molecule has 0 bridgehead atoms. The zero-order valence-corrected chi connectivity index (χ0v) is 14.1. The van der Waals surface area contributed by atoms with E-state index in [-0.39, 0.29) is 13.0 Å². The Bertz CT molecular complexity index is 534. The van der Waals surface area contributed by atoms with Crippen molar-refractivity contribution in [1.82, 2.24) is 5.32 Å². The molecule has 1 amide bonds. The molecular weight excluding hydrogens is 322 g/mol. The number of aliphatic carboxylic acids is 1. The highest BCUT2D eigenvalue weighted by atomic mass is 16.9. The van der Waals surface area contributed by atoms with Crippen LogP contribution in [0, 0.1) is 0 Å². The third kappa shape index (κ3) is 3.40. The van der Waals surface area contributed by atoms with Crippen LogP contribution >= 0.6 is 0 Å². The molecule has 0 radical (unpaired) electrons. The van der Waals surface area contributed by atoms with E-state index in [1.165, 1.54) is 0 Å². The van der Waals surface area contributed by atoms with Crippen molar-refractivity contribution in [2.24, 2.45) is 0 Å². The normalized spacial score (nSPS) is 39.1. The summed E-state index contributed by atoms with van der Waals surface area (Å²) < 4.78 is 29.0. The van der Waals surface area contributed by atoms with E-state index < -0.39 is 54.2 Å². The molecule has 3 heterocycles. The second-order valence-corrected chi connectivity index (χ2v) is 7.02. The minimum atomic E-state index is -0.992. The van der Waals surface area contributed by atoms with Gasteiger partial charge >= 0.3 is 5.97 Å². The van der Waals surface area contributed by atoms with Gasteiger partial charge in [-0.05, 0) is 27.7 Å². The number of ether oxygens (including phenoxy) is 5. The molecule has 3 aliphatic heterocycles. The van der Waals surface area contributed by atoms with Crippen molar-refractivity contribution >= 4 is 11.9 Å². The van der Waals surface area contributed by atoms with Crippen LogP contribution in [0.1, 0.15) is 34.1 Å². The van der Waals surface area contributed by atoms with E-state index in [1.54, 1.807) is 27.7 Å². The smallest absolute Gasteiger partial charge is 0.305 e. The van der Waals surface area contributed by atoms with E-state index in [0.29, 0.717) is 0 Å². The SMILES string of the molecule is CC1(C)O[C@H]2[C@@H](O1)[C@@H](C(=O)NCCC(=O)O)O[C@@H]1OC(C)(C)O[C@@H]12. The van der Waals surface area contributed by atoms with E-state index >= 15 is 0 Å². The first-order valence-electron chi connectivity index (χ1n) is 7.94. The number of carbonyl (C=O) groups is 2. The number of carbonyl (C=O) groups excluding carboxylic acids is 1. The van der Waals surface area contributed by atoms with Gasteiger partial charge < -0.3 is 34.1 Å². The molecule has 0 spiro atoms. The van der Waals surface area contributed by atoms with Gasteiger partial charge in [0.25, 0.3) is 5.91 Å². The summed E-state index contributed by atoms with van der Waals surface area (Å²) in [6, 6.07) is 0. The Kier molecular flexibility index (Phi) is 4.33. The van der Waals surface area contributed by atoms with Crippen molar-refractivity contribution in [1.29, 1.82) is 0 Å². The standard InChI is InChI=1S/C15H23NO8/c1-14(2)21-8-9(22-14)11-13(24-15(3,4)23-11)20-10(8)12(19)16-6-5-7(17)18/h8-11,13H,5-6H2,1-4H3,(H,16,19)(H,17,18)/t8-,9+,10+,11-,13-/m1/s1. The van der Waals surface area contributed by atoms with Gasteiger partial charge in [0.2, 0.25) is 0 Å². The minimum absolute atomic E-state index is 0.00656. The predicted octanol–water partition coefficient (Wildman–Crippen LogP) is -0.0262. The lowest BCUT2D eigenvalue weighted by Crippen LogP contribution is -2.59. The number of rotatable bonds is 4. The van der Waals surface area contributed by atoms with E-state index in [9.17, 15) is 9.59 Å². The topological polar surface area (TPSA) is 113 Å². The first-order chi connectivity index (χ1) is 11.1. The average molecular weight is 345 g/mol. The molecule has 0 saturated carbocycles. The molecular formula is C15H23NO8. The molecule has 0 aromatic carbocycles. The summed E-state index contributed by atoms with van der Waals surface area (Å²) in [5.41, 5.74) is 0. The van der Waals surface area contributed by atoms with Gasteiger partial charge in [-0.1, -0.05) is 0 Å². The summed E-state index contributed by atoms with van der Waals surface area (Å²) in [4.78, 5) is 23.0. The largest absolute Gasteiger partial charge is 0.481 e. The number of amides is 1. The number of hydrogen-bond donors (Lipinski definition) is 2. The molecule has 0 aliphatic carbocycles. The van der Waals surface area contributed by atoms with Crippen molar-refractivity contribution in [2.75, 3.05) is 6.54 Å². The van der Waals surface area contributed by atoms with Crippen molar-refractivity contribution in [3.8, 4) is 0 Å². The summed E-state index contributed by atoms with van der Waals surface area (Å²) in [6.07, 6.45) is -3.58. The molecule has 0 aromatic rings. The Morgan fingerprint density at radius 1 is 0.958 bits per heavy atom. The van der Waals surface area contributed by atoms with Gasteiger partial charge in [-0.3, -0.25) is 9.59 Å². The molecule has 0 unspecified atom stereocenters. The Morgan fingerprint density at radius 3 is 2.21 bits per heavy atom. The zero-order chi connectivity index (χ0) is 17.7. The molecule has 5 atom stereocenters. The van der Waals surface area contributed by atoms with E-state index in [2.05, 4.69) is 5.32 Å². The quantitative estimate of drug-likeness (QED) is 0.731. The first-order valence-corrected chi connectivity index (χ1v) is 7.94. The molecule has 9 heteroatoms. The van der Waals surface area contributed by atoms with Gasteiger partial charge in [0.05, 0.1) is 6.42 Å². The van der Waals surface area contributed by atoms with Crippen molar-refractivity contribution in [2.45, 2.75) is 76.4 Å². The lowest BCUT2D eigenvalue weighted by atomic mass is 9.98.